The fourth-order valence-corrected chi connectivity index (χ4v) is 1.98. The number of carboxylic acids is 1. The molecule has 104 valence electrons. The number of benzene rings is 2. The first-order chi connectivity index (χ1) is 9.61. The van der Waals surface area contributed by atoms with Gasteiger partial charge in [-0.2, -0.15) is 0 Å². The number of carbonyl (C=O) groups is 1. The molecule has 2 aromatic rings. The first kappa shape index (κ1) is 13.9. The molecule has 0 aliphatic heterocycles. The minimum atomic E-state index is -1.04. The normalized spacial score (nSPS) is 10.2. The molecule has 0 radical (unpaired) electrons. The molecule has 0 heterocycles. The maximum Gasteiger partial charge on any atom is 0.338 e. The molecule has 2 aromatic carbocycles. The Bertz CT molecular complexity index is 606. The summed E-state index contributed by atoms with van der Waals surface area (Å²) in [4.78, 5) is 11.2. The van der Waals surface area contributed by atoms with Crippen LogP contribution in [0.1, 0.15) is 28.4 Å². The van der Waals surface area contributed by atoms with Gasteiger partial charge in [-0.3, -0.25) is 0 Å². The molecular weight excluding hydrogens is 254 g/mol. The lowest BCUT2D eigenvalue weighted by atomic mass is 10.1. The molecule has 0 aromatic heterocycles. The second kappa shape index (κ2) is 6.10. The van der Waals surface area contributed by atoms with Crippen molar-refractivity contribution < 1.29 is 14.6 Å². The van der Waals surface area contributed by atoms with E-state index in [9.17, 15) is 9.90 Å². The molecule has 0 unspecified atom stereocenters. The zero-order valence-corrected chi connectivity index (χ0v) is 11.3. The second-order valence-corrected chi connectivity index (χ2v) is 4.47. The molecule has 20 heavy (non-hydrogen) atoms. The molecule has 0 fully saturated rings. The summed E-state index contributed by atoms with van der Waals surface area (Å²) in [5, 5.41) is 9.18. The standard InChI is InChI=1S/C16H17NO3/c1-2-11-6-8-13(9-7-11)20-10-12-4-3-5-14(17)15(12)16(18)19/h3-9H,2,10,17H2,1H3,(H,18,19). The molecule has 0 saturated carbocycles. The average molecular weight is 271 g/mol. The van der Waals surface area contributed by atoms with Crippen molar-refractivity contribution in [1.82, 2.24) is 0 Å². The van der Waals surface area contributed by atoms with Gasteiger partial charge in [0.25, 0.3) is 0 Å². The van der Waals surface area contributed by atoms with E-state index < -0.39 is 5.97 Å². The summed E-state index contributed by atoms with van der Waals surface area (Å²) < 4.78 is 5.62. The molecule has 4 nitrogen and oxygen atoms in total. The lowest BCUT2D eigenvalue weighted by molar-refractivity contribution is 0.0695. The van der Waals surface area contributed by atoms with Crippen molar-refractivity contribution in [3.8, 4) is 5.75 Å². The molecule has 0 aliphatic carbocycles. The predicted molar refractivity (Wildman–Crippen MR) is 78.0 cm³/mol. The third-order valence-corrected chi connectivity index (χ3v) is 3.12. The van der Waals surface area contributed by atoms with E-state index in [1.165, 1.54) is 5.56 Å². The van der Waals surface area contributed by atoms with Crippen LogP contribution in [0.3, 0.4) is 0 Å². The Morgan fingerprint density at radius 2 is 1.90 bits per heavy atom. The number of rotatable bonds is 5. The fraction of sp³-hybridized carbons (Fsp3) is 0.188. The molecule has 3 N–H and O–H groups in total. The lowest BCUT2D eigenvalue weighted by Crippen LogP contribution is -2.09. The number of carboxylic acid groups (broad SMARTS) is 1. The zero-order valence-electron chi connectivity index (χ0n) is 11.3. The number of nitrogens with two attached hydrogens (primary N) is 1. The number of ether oxygens (including phenoxy) is 1. The molecule has 0 spiro atoms. The van der Waals surface area contributed by atoms with Crippen LogP contribution in [0.25, 0.3) is 0 Å². The smallest absolute Gasteiger partial charge is 0.338 e. The summed E-state index contributed by atoms with van der Waals surface area (Å²) in [6.07, 6.45) is 0.971. The van der Waals surface area contributed by atoms with Gasteiger partial charge in [-0.1, -0.05) is 31.2 Å². The number of nitrogen functional groups attached to an aromatic ring is 1. The summed E-state index contributed by atoms with van der Waals surface area (Å²) in [5.41, 5.74) is 7.85. The van der Waals surface area contributed by atoms with Crippen LogP contribution < -0.4 is 10.5 Å². The van der Waals surface area contributed by atoms with E-state index in [-0.39, 0.29) is 17.9 Å². The topological polar surface area (TPSA) is 72.5 Å². The number of hydrogen-bond donors (Lipinski definition) is 2. The average Bonchev–Trinajstić information content (AvgIpc) is 2.45. The maximum atomic E-state index is 11.2. The minimum Gasteiger partial charge on any atom is -0.489 e. The van der Waals surface area contributed by atoms with Crippen molar-refractivity contribution in [2.24, 2.45) is 0 Å². The van der Waals surface area contributed by atoms with E-state index in [1.807, 2.05) is 24.3 Å². The maximum absolute atomic E-state index is 11.2. The monoisotopic (exact) mass is 271 g/mol. The van der Waals surface area contributed by atoms with Gasteiger partial charge in [-0.25, -0.2) is 4.79 Å². The lowest BCUT2D eigenvalue weighted by Gasteiger charge is -2.10. The molecule has 2 rings (SSSR count). The van der Waals surface area contributed by atoms with Gasteiger partial charge < -0.3 is 15.6 Å². The summed E-state index contributed by atoms with van der Waals surface area (Å²) in [5.74, 6) is -0.330. The molecular formula is C16H17NO3. The Labute approximate surface area is 117 Å². The van der Waals surface area contributed by atoms with Crippen molar-refractivity contribution >= 4 is 11.7 Å². The van der Waals surface area contributed by atoms with E-state index in [2.05, 4.69) is 6.92 Å². The molecule has 0 aliphatic rings. The fourth-order valence-electron chi connectivity index (χ4n) is 1.98. The van der Waals surface area contributed by atoms with Crippen LogP contribution in [0.4, 0.5) is 5.69 Å². The molecule has 0 saturated heterocycles. The highest BCUT2D eigenvalue weighted by molar-refractivity contribution is 5.95. The van der Waals surface area contributed by atoms with E-state index >= 15 is 0 Å². The Morgan fingerprint density at radius 1 is 1.20 bits per heavy atom. The van der Waals surface area contributed by atoms with Crippen LogP contribution in [0.2, 0.25) is 0 Å². The zero-order chi connectivity index (χ0) is 14.5. The van der Waals surface area contributed by atoms with Crippen molar-refractivity contribution in [3.05, 3.63) is 59.2 Å². The molecule has 4 heteroatoms. The van der Waals surface area contributed by atoms with E-state index in [0.717, 1.165) is 6.42 Å². The van der Waals surface area contributed by atoms with Crippen LogP contribution in [0.5, 0.6) is 5.75 Å². The Balaban J connectivity index is 2.14. The summed E-state index contributed by atoms with van der Waals surface area (Å²) >= 11 is 0. The van der Waals surface area contributed by atoms with Gasteiger partial charge >= 0.3 is 5.97 Å². The van der Waals surface area contributed by atoms with E-state index in [4.69, 9.17) is 10.5 Å². The molecule has 0 amide bonds. The van der Waals surface area contributed by atoms with Crippen LogP contribution in [-0.4, -0.2) is 11.1 Å². The Kier molecular flexibility index (Phi) is 4.25. The van der Waals surface area contributed by atoms with Crippen molar-refractivity contribution in [2.75, 3.05) is 5.73 Å². The third-order valence-electron chi connectivity index (χ3n) is 3.12. The number of anilines is 1. The van der Waals surface area contributed by atoms with Gasteiger partial charge in [0.15, 0.2) is 0 Å². The second-order valence-electron chi connectivity index (χ2n) is 4.47. The largest absolute Gasteiger partial charge is 0.489 e. The van der Waals surface area contributed by atoms with Gasteiger partial charge in [0, 0.05) is 11.3 Å². The minimum absolute atomic E-state index is 0.109. The summed E-state index contributed by atoms with van der Waals surface area (Å²) in [6, 6.07) is 12.8. The highest BCUT2D eigenvalue weighted by Crippen LogP contribution is 2.20. The third kappa shape index (κ3) is 3.09. The Morgan fingerprint density at radius 3 is 2.50 bits per heavy atom. The van der Waals surface area contributed by atoms with Crippen LogP contribution >= 0.6 is 0 Å². The SMILES string of the molecule is CCc1ccc(OCc2cccc(N)c2C(=O)O)cc1. The number of hydrogen-bond acceptors (Lipinski definition) is 3. The van der Waals surface area contributed by atoms with Gasteiger partial charge in [0.1, 0.15) is 12.4 Å². The van der Waals surface area contributed by atoms with Crippen LogP contribution in [0, 0.1) is 0 Å². The van der Waals surface area contributed by atoms with Crippen molar-refractivity contribution in [1.29, 1.82) is 0 Å². The van der Waals surface area contributed by atoms with Gasteiger partial charge in [-0.05, 0) is 30.2 Å². The van der Waals surface area contributed by atoms with Crippen molar-refractivity contribution in [3.63, 3.8) is 0 Å². The highest BCUT2D eigenvalue weighted by Gasteiger charge is 2.13. The number of aryl methyl sites for hydroxylation is 1. The van der Waals surface area contributed by atoms with Gasteiger partial charge in [0.2, 0.25) is 0 Å². The predicted octanol–water partition coefficient (Wildman–Crippen LogP) is 3.11. The van der Waals surface area contributed by atoms with E-state index in [1.54, 1.807) is 18.2 Å². The summed E-state index contributed by atoms with van der Waals surface area (Å²) in [6.45, 7) is 2.26. The van der Waals surface area contributed by atoms with Gasteiger partial charge in [-0.15, -0.1) is 0 Å². The van der Waals surface area contributed by atoms with Gasteiger partial charge in [0.05, 0.1) is 5.56 Å². The molecule has 0 atom stereocenters. The quantitative estimate of drug-likeness (QED) is 0.819. The molecule has 0 bridgehead atoms. The Hall–Kier alpha value is -2.49. The van der Waals surface area contributed by atoms with E-state index in [0.29, 0.717) is 11.3 Å². The van der Waals surface area contributed by atoms with Crippen LogP contribution in [-0.2, 0) is 13.0 Å². The first-order valence-electron chi connectivity index (χ1n) is 6.44. The first-order valence-corrected chi connectivity index (χ1v) is 6.44. The summed E-state index contributed by atoms with van der Waals surface area (Å²) in [7, 11) is 0. The highest BCUT2D eigenvalue weighted by atomic mass is 16.5. The van der Waals surface area contributed by atoms with Crippen LogP contribution in [0.15, 0.2) is 42.5 Å². The number of aromatic carboxylic acids is 1. The van der Waals surface area contributed by atoms with Crippen molar-refractivity contribution in [2.45, 2.75) is 20.0 Å².